The Bertz CT molecular complexity index is 281. The van der Waals surface area contributed by atoms with E-state index in [9.17, 15) is 4.79 Å². The summed E-state index contributed by atoms with van der Waals surface area (Å²) >= 11 is 0. The third-order valence-corrected chi connectivity index (χ3v) is 3.23. The van der Waals surface area contributed by atoms with Crippen molar-refractivity contribution in [3.63, 3.8) is 0 Å². The van der Waals surface area contributed by atoms with Crippen LogP contribution in [0.25, 0.3) is 0 Å². The van der Waals surface area contributed by atoms with Crippen molar-refractivity contribution in [2.45, 2.75) is 18.9 Å². The Morgan fingerprint density at radius 1 is 1.77 bits per heavy atom. The first-order valence-corrected chi connectivity index (χ1v) is 4.63. The van der Waals surface area contributed by atoms with Gasteiger partial charge in [0, 0.05) is 13.1 Å². The predicted octanol–water partition coefficient (Wildman–Crippen LogP) is -0.170. The van der Waals surface area contributed by atoms with Crippen LogP contribution in [0.3, 0.4) is 0 Å². The monoisotopic (exact) mass is 178 g/mol. The fourth-order valence-corrected chi connectivity index (χ4v) is 2.43. The van der Waals surface area contributed by atoms with Crippen molar-refractivity contribution in [3.05, 3.63) is 0 Å². The maximum Gasteiger partial charge on any atom is 0.227 e. The molecule has 2 aliphatic rings. The smallest absolute Gasteiger partial charge is 0.227 e. The SMILES string of the molecule is C#CC1CC2(CCNC2=O)CN1C. The Kier molecular flexibility index (Phi) is 1.81. The number of likely N-dealkylation sites (tertiary alicyclic amines) is 1. The molecule has 0 bridgehead atoms. The molecule has 13 heavy (non-hydrogen) atoms. The molecule has 2 atom stereocenters. The maximum absolute atomic E-state index is 11.6. The molecule has 1 spiro atoms. The third kappa shape index (κ3) is 1.13. The van der Waals surface area contributed by atoms with Gasteiger partial charge >= 0.3 is 0 Å². The van der Waals surface area contributed by atoms with E-state index < -0.39 is 0 Å². The Labute approximate surface area is 78.5 Å². The highest BCUT2D eigenvalue weighted by Crippen LogP contribution is 2.39. The summed E-state index contributed by atoms with van der Waals surface area (Å²) in [7, 11) is 1.99. The van der Waals surface area contributed by atoms with Gasteiger partial charge in [0.25, 0.3) is 0 Å². The van der Waals surface area contributed by atoms with Crippen LogP contribution in [0.5, 0.6) is 0 Å². The standard InChI is InChI=1S/C10H14N2O/c1-3-8-6-10(7-12(8)2)4-5-11-9(10)13/h1,8H,4-7H2,2H3,(H,11,13). The molecule has 0 aromatic rings. The highest BCUT2D eigenvalue weighted by atomic mass is 16.2. The zero-order valence-electron chi connectivity index (χ0n) is 7.84. The van der Waals surface area contributed by atoms with Gasteiger partial charge in [0.1, 0.15) is 0 Å². The van der Waals surface area contributed by atoms with Gasteiger partial charge in [-0.1, -0.05) is 5.92 Å². The predicted molar refractivity (Wildman–Crippen MR) is 49.9 cm³/mol. The number of nitrogens with one attached hydrogen (secondary N) is 1. The second kappa shape index (κ2) is 2.74. The van der Waals surface area contributed by atoms with E-state index in [4.69, 9.17) is 6.42 Å². The molecule has 2 rings (SSSR count). The molecule has 0 radical (unpaired) electrons. The number of hydrogen-bond donors (Lipinski definition) is 1. The fraction of sp³-hybridized carbons (Fsp3) is 0.700. The highest BCUT2D eigenvalue weighted by molar-refractivity contribution is 5.85. The molecule has 0 aromatic heterocycles. The van der Waals surface area contributed by atoms with E-state index >= 15 is 0 Å². The summed E-state index contributed by atoms with van der Waals surface area (Å²) in [5, 5.41) is 2.88. The van der Waals surface area contributed by atoms with Crippen LogP contribution in [0.4, 0.5) is 0 Å². The van der Waals surface area contributed by atoms with Crippen molar-refractivity contribution in [1.29, 1.82) is 0 Å². The Hall–Kier alpha value is -1.01. The quantitative estimate of drug-likeness (QED) is 0.522. The summed E-state index contributed by atoms with van der Waals surface area (Å²) in [6.07, 6.45) is 7.16. The fourth-order valence-electron chi connectivity index (χ4n) is 2.43. The van der Waals surface area contributed by atoms with Crippen LogP contribution in [0.1, 0.15) is 12.8 Å². The van der Waals surface area contributed by atoms with Crippen molar-refractivity contribution in [1.82, 2.24) is 10.2 Å². The normalized spacial score (nSPS) is 39.4. The lowest BCUT2D eigenvalue weighted by molar-refractivity contribution is -0.127. The molecule has 0 saturated carbocycles. The molecule has 0 aromatic carbocycles. The summed E-state index contributed by atoms with van der Waals surface area (Å²) in [6.45, 7) is 1.62. The second-order valence-electron chi connectivity index (χ2n) is 4.09. The van der Waals surface area contributed by atoms with Gasteiger partial charge in [0.15, 0.2) is 0 Å². The van der Waals surface area contributed by atoms with E-state index in [1.807, 2.05) is 7.05 Å². The van der Waals surface area contributed by atoms with Crippen molar-refractivity contribution in [2.24, 2.45) is 5.41 Å². The first-order chi connectivity index (χ1) is 6.18. The summed E-state index contributed by atoms with van der Waals surface area (Å²) in [4.78, 5) is 13.7. The van der Waals surface area contributed by atoms with Crippen molar-refractivity contribution >= 4 is 5.91 Å². The second-order valence-corrected chi connectivity index (χ2v) is 4.09. The summed E-state index contributed by atoms with van der Waals surface area (Å²) < 4.78 is 0. The van der Waals surface area contributed by atoms with E-state index in [1.54, 1.807) is 0 Å². The number of rotatable bonds is 0. The van der Waals surface area contributed by atoms with Crippen molar-refractivity contribution in [3.8, 4) is 12.3 Å². The lowest BCUT2D eigenvalue weighted by Crippen LogP contribution is -2.33. The molecule has 2 heterocycles. The Morgan fingerprint density at radius 3 is 3.00 bits per heavy atom. The van der Waals surface area contributed by atoms with Crippen LogP contribution in [-0.2, 0) is 4.79 Å². The Morgan fingerprint density at radius 2 is 2.54 bits per heavy atom. The molecule has 2 aliphatic heterocycles. The third-order valence-electron chi connectivity index (χ3n) is 3.23. The molecule has 3 heteroatoms. The molecule has 70 valence electrons. The molecule has 3 nitrogen and oxygen atoms in total. The number of carbonyl (C=O) groups is 1. The van der Waals surface area contributed by atoms with E-state index in [-0.39, 0.29) is 17.4 Å². The molecular formula is C10H14N2O. The number of nitrogens with zero attached hydrogens (tertiary/aromatic N) is 1. The number of amides is 1. The molecule has 1 N–H and O–H groups in total. The van der Waals surface area contributed by atoms with Crippen LogP contribution in [0, 0.1) is 17.8 Å². The van der Waals surface area contributed by atoms with Gasteiger partial charge in [-0.15, -0.1) is 6.42 Å². The number of terminal acetylenes is 1. The first-order valence-electron chi connectivity index (χ1n) is 4.63. The number of carbonyl (C=O) groups excluding carboxylic acids is 1. The minimum Gasteiger partial charge on any atom is -0.356 e. The summed E-state index contributed by atoms with van der Waals surface area (Å²) in [5.41, 5.74) is -0.175. The van der Waals surface area contributed by atoms with Crippen LogP contribution < -0.4 is 5.32 Å². The largest absolute Gasteiger partial charge is 0.356 e. The zero-order chi connectivity index (χ0) is 9.47. The van der Waals surface area contributed by atoms with Gasteiger partial charge in [0.05, 0.1) is 11.5 Å². The summed E-state index contributed by atoms with van der Waals surface area (Å²) in [5.74, 6) is 2.92. The lowest BCUT2D eigenvalue weighted by Gasteiger charge is -2.17. The van der Waals surface area contributed by atoms with Crippen LogP contribution in [0.15, 0.2) is 0 Å². The average Bonchev–Trinajstić information content (AvgIpc) is 2.59. The molecule has 1 amide bonds. The minimum atomic E-state index is -0.175. The maximum atomic E-state index is 11.6. The van der Waals surface area contributed by atoms with E-state index in [2.05, 4.69) is 16.1 Å². The van der Waals surface area contributed by atoms with Crippen LogP contribution in [-0.4, -0.2) is 37.0 Å². The van der Waals surface area contributed by atoms with E-state index in [0.717, 1.165) is 25.9 Å². The van der Waals surface area contributed by atoms with E-state index in [0.29, 0.717) is 0 Å². The first kappa shape index (κ1) is 8.58. The molecule has 0 aliphatic carbocycles. The molecule has 2 fully saturated rings. The average molecular weight is 178 g/mol. The molecule has 2 saturated heterocycles. The highest BCUT2D eigenvalue weighted by Gasteiger charge is 2.49. The summed E-state index contributed by atoms with van der Waals surface area (Å²) in [6, 6.07) is 0.142. The topological polar surface area (TPSA) is 32.3 Å². The van der Waals surface area contributed by atoms with E-state index in [1.165, 1.54) is 0 Å². The van der Waals surface area contributed by atoms with Crippen LogP contribution in [0.2, 0.25) is 0 Å². The zero-order valence-corrected chi connectivity index (χ0v) is 7.84. The van der Waals surface area contributed by atoms with Crippen molar-refractivity contribution < 1.29 is 4.79 Å². The molecule has 2 unspecified atom stereocenters. The molecular weight excluding hydrogens is 164 g/mol. The van der Waals surface area contributed by atoms with Gasteiger partial charge in [-0.3, -0.25) is 9.69 Å². The van der Waals surface area contributed by atoms with Crippen LogP contribution >= 0.6 is 0 Å². The van der Waals surface area contributed by atoms with Crippen molar-refractivity contribution in [2.75, 3.05) is 20.1 Å². The van der Waals surface area contributed by atoms with Gasteiger partial charge in [-0.05, 0) is 19.9 Å². The lowest BCUT2D eigenvalue weighted by atomic mass is 9.84. The van der Waals surface area contributed by atoms with Gasteiger partial charge in [-0.2, -0.15) is 0 Å². The number of hydrogen-bond acceptors (Lipinski definition) is 2. The minimum absolute atomic E-state index is 0.142. The Balaban J connectivity index is 2.20. The van der Waals surface area contributed by atoms with Gasteiger partial charge in [-0.25, -0.2) is 0 Å². The van der Waals surface area contributed by atoms with Gasteiger partial charge < -0.3 is 5.32 Å². The van der Waals surface area contributed by atoms with Gasteiger partial charge in [0.2, 0.25) is 5.91 Å².